The molecular formula is C19H26N6O4S. The van der Waals surface area contributed by atoms with Crippen molar-refractivity contribution in [1.29, 1.82) is 0 Å². The summed E-state index contributed by atoms with van der Waals surface area (Å²) >= 11 is 0. The van der Waals surface area contributed by atoms with Crippen LogP contribution in [0, 0.1) is 11.8 Å². The van der Waals surface area contributed by atoms with Gasteiger partial charge < -0.3 is 15.7 Å². The minimum atomic E-state index is -4.00. The molecular weight excluding hydrogens is 408 g/mol. The molecule has 0 radical (unpaired) electrons. The number of hydrogen-bond acceptors (Lipinski definition) is 9. The number of benzene rings is 1. The topological polar surface area (TPSA) is 152 Å². The molecule has 1 heterocycles. The fourth-order valence-electron chi connectivity index (χ4n) is 4.29. The predicted octanol–water partition coefficient (Wildman–Crippen LogP) is 0.990. The van der Waals surface area contributed by atoms with Gasteiger partial charge in [0.15, 0.2) is 0 Å². The molecule has 1 aromatic heterocycles. The number of aliphatic hydroxyl groups excluding tert-OH is 1. The smallest absolute Gasteiger partial charge is 0.333 e. The van der Waals surface area contributed by atoms with E-state index in [9.17, 15) is 13.5 Å². The molecule has 0 bridgehead atoms. The molecule has 2 aliphatic rings. The van der Waals surface area contributed by atoms with Crippen LogP contribution in [0.1, 0.15) is 36.4 Å². The van der Waals surface area contributed by atoms with Crippen molar-refractivity contribution in [3.05, 3.63) is 41.7 Å². The van der Waals surface area contributed by atoms with E-state index in [1.165, 1.54) is 17.5 Å². The molecule has 162 valence electrons. The van der Waals surface area contributed by atoms with Crippen molar-refractivity contribution in [2.45, 2.75) is 37.8 Å². The van der Waals surface area contributed by atoms with E-state index in [4.69, 9.17) is 5.14 Å². The van der Waals surface area contributed by atoms with E-state index in [0.29, 0.717) is 31.3 Å². The summed E-state index contributed by atoms with van der Waals surface area (Å²) in [6, 6.07) is 8.55. The maximum atomic E-state index is 10.9. The molecule has 4 rings (SSSR count). The zero-order valence-electron chi connectivity index (χ0n) is 16.4. The van der Waals surface area contributed by atoms with Crippen molar-refractivity contribution < 1.29 is 17.7 Å². The number of aliphatic hydroxyl groups is 1. The second kappa shape index (κ2) is 8.80. The maximum Gasteiger partial charge on any atom is 0.333 e. The van der Waals surface area contributed by atoms with Gasteiger partial charge in [-0.15, -0.1) is 0 Å². The molecule has 5 N–H and O–H groups in total. The van der Waals surface area contributed by atoms with Gasteiger partial charge in [0.2, 0.25) is 11.9 Å². The van der Waals surface area contributed by atoms with Gasteiger partial charge in [-0.1, -0.05) is 24.3 Å². The van der Waals surface area contributed by atoms with Crippen molar-refractivity contribution in [2.75, 3.05) is 23.8 Å². The lowest BCUT2D eigenvalue weighted by Crippen LogP contribution is -2.24. The number of fused-ring (bicyclic) bond motifs is 1. The molecule has 1 aromatic carbocycles. The highest BCUT2D eigenvalue weighted by Gasteiger charge is 2.34. The highest BCUT2D eigenvalue weighted by molar-refractivity contribution is 7.84. The van der Waals surface area contributed by atoms with Gasteiger partial charge in [-0.25, -0.2) is 15.1 Å². The van der Waals surface area contributed by atoms with Gasteiger partial charge in [0.1, 0.15) is 6.33 Å². The van der Waals surface area contributed by atoms with Crippen LogP contribution >= 0.6 is 0 Å². The summed E-state index contributed by atoms with van der Waals surface area (Å²) in [4.78, 5) is 12.8. The molecule has 4 atom stereocenters. The third-order valence-electron chi connectivity index (χ3n) is 5.76. The molecule has 0 unspecified atom stereocenters. The van der Waals surface area contributed by atoms with Gasteiger partial charge >= 0.3 is 10.3 Å². The minimum absolute atomic E-state index is 0.112. The number of nitrogens with zero attached hydrogens (tertiary/aromatic N) is 3. The zero-order chi connectivity index (χ0) is 21.1. The summed E-state index contributed by atoms with van der Waals surface area (Å²) in [5, 5.41) is 21.6. The molecule has 1 fully saturated rings. The fourth-order valence-corrected chi connectivity index (χ4v) is 4.66. The number of aryl methyl sites for hydroxylation is 1. The van der Waals surface area contributed by atoms with Crippen LogP contribution < -0.4 is 15.8 Å². The number of aromatic nitrogens is 3. The first-order chi connectivity index (χ1) is 14.4. The van der Waals surface area contributed by atoms with E-state index in [0.717, 1.165) is 12.8 Å². The zero-order valence-corrected chi connectivity index (χ0v) is 17.3. The number of hydrogen-bond donors (Lipinski definition) is 4. The van der Waals surface area contributed by atoms with Crippen LogP contribution in [0.5, 0.6) is 0 Å². The standard InChI is InChI=1S/C19H26N6O4S/c20-30(27,28)29-10-14-7-12(8-17(14)26)9-21-18-22-11-23-19(25-18)24-16-6-5-13-3-1-2-4-15(13)16/h1-4,11-12,14,16-17,26H,5-10H2,(H2,20,27,28)(H2,21,22,23,24,25)/t12-,14+,16+,17+/m1/s1. The molecule has 0 aliphatic heterocycles. The molecule has 0 spiro atoms. The molecule has 1 saturated carbocycles. The Balaban J connectivity index is 1.30. The first kappa shape index (κ1) is 20.9. The Hall–Kier alpha value is -2.34. The Morgan fingerprint density at radius 3 is 2.83 bits per heavy atom. The first-order valence-corrected chi connectivity index (χ1v) is 11.5. The van der Waals surface area contributed by atoms with E-state index < -0.39 is 16.4 Å². The highest BCUT2D eigenvalue weighted by Crippen LogP contribution is 2.33. The van der Waals surface area contributed by atoms with Crippen LogP contribution in [-0.4, -0.2) is 47.7 Å². The Labute approximate surface area is 175 Å². The van der Waals surface area contributed by atoms with Crippen LogP contribution in [0.4, 0.5) is 11.9 Å². The maximum absolute atomic E-state index is 10.9. The second-order valence-corrected chi connectivity index (χ2v) is 9.11. The van der Waals surface area contributed by atoms with Gasteiger partial charge in [0.05, 0.1) is 18.8 Å². The van der Waals surface area contributed by atoms with Gasteiger partial charge in [-0.2, -0.15) is 13.4 Å². The lowest BCUT2D eigenvalue weighted by molar-refractivity contribution is 0.100. The normalized spacial score (nSPS) is 25.8. The third-order valence-corrected chi connectivity index (χ3v) is 6.22. The fraction of sp³-hybridized carbons (Fsp3) is 0.526. The van der Waals surface area contributed by atoms with E-state index >= 15 is 0 Å². The Kier molecular flexibility index (Phi) is 6.14. The molecule has 10 nitrogen and oxygen atoms in total. The van der Waals surface area contributed by atoms with Crippen LogP contribution in [0.15, 0.2) is 30.6 Å². The quantitative estimate of drug-likeness (QED) is 0.476. The Bertz CT molecular complexity index is 988. The van der Waals surface area contributed by atoms with Crippen LogP contribution in [0.3, 0.4) is 0 Å². The van der Waals surface area contributed by atoms with Crippen molar-refractivity contribution in [2.24, 2.45) is 17.0 Å². The molecule has 30 heavy (non-hydrogen) atoms. The summed E-state index contributed by atoms with van der Waals surface area (Å²) in [7, 11) is -4.00. The molecule has 0 saturated heterocycles. The third kappa shape index (κ3) is 5.22. The average molecular weight is 435 g/mol. The first-order valence-electron chi connectivity index (χ1n) is 10.00. The van der Waals surface area contributed by atoms with Crippen molar-refractivity contribution >= 4 is 22.2 Å². The van der Waals surface area contributed by atoms with Gasteiger partial charge in [0.25, 0.3) is 0 Å². The molecule has 2 aromatic rings. The summed E-state index contributed by atoms with van der Waals surface area (Å²) < 4.78 is 26.5. The number of nitrogens with one attached hydrogen (secondary N) is 2. The summed E-state index contributed by atoms with van der Waals surface area (Å²) in [5.41, 5.74) is 2.63. The lowest BCUT2D eigenvalue weighted by Gasteiger charge is -2.15. The van der Waals surface area contributed by atoms with E-state index in [2.05, 4.69) is 48.0 Å². The predicted molar refractivity (Wildman–Crippen MR) is 111 cm³/mol. The van der Waals surface area contributed by atoms with Gasteiger partial charge in [0, 0.05) is 12.5 Å². The van der Waals surface area contributed by atoms with Crippen molar-refractivity contribution in [3.8, 4) is 0 Å². The summed E-state index contributed by atoms with van der Waals surface area (Å²) in [6.07, 6.45) is 4.03. The summed E-state index contributed by atoms with van der Waals surface area (Å²) in [6.45, 7) is 0.442. The van der Waals surface area contributed by atoms with Crippen LogP contribution in [0.25, 0.3) is 0 Å². The minimum Gasteiger partial charge on any atom is -0.393 e. The Morgan fingerprint density at radius 2 is 2.00 bits per heavy atom. The van der Waals surface area contributed by atoms with Gasteiger partial charge in [-0.05, 0) is 42.7 Å². The average Bonchev–Trinajstić information content (AvgIpc) is 3.28. The number of rotatable bonds is 8. The van der Waals surface area contributed by atoms with E-state index in [1.54, 1.807) is 0 Å². The van der Waals surface area contributed by atoms with Crippen molar-refractivity contribution in [3.63, 3.8) is 0 Å². The number of nitrogens with two attached hydrogens (primary N) is 1. The van der Waals surface area contributed by atoms with Crippen LogP contribution in [0.2, 0.25) is 0 Å². The molecule has 0 amide bonds. The van der Waals surface area contributed by atoms with E-state index in [1.807, 2.05) is 6.07 Å². The summed E-state index contributed by atoms with van der Waals surface area (Å²) in [5.74, 6) is 0.842. The second-order valence-electron chi connectivity index (χ2n) is 7.89. The lowest BCUT2D eigenvalue weighted by atomic mass is 10.1. The monoisotopic (exact) mass is 434 g/mol. The van der Waals surface area contributed by atoms with Gasteiger partial charge in [-0.3, -0.25) is 4.18 Å². The SMILES string of the molecule is NS(=O)(=O)OC[C@@H]1C[C@@H](CNc2ncnc(N[C@H]3CCc4ccccc43)n2)C[C@@H]1O. The highest BCUT2D eigenvalue weighted by atomic mass is 32.2. The van der Waals surface area contributed by atoms with Crippen molar-refractivity contribution in [1.82, 2.24) is 15.0 Å². The van der Waals surface area contributed by atoms with Crippen LogP contribution in [-0.2, 0) is 20.9 Å². The molecule has 11 heteroatoms. The largest absolute Gasteiger partial charge is 0.393 e. The Morgan fingerprint density at radius 1 is 1.20 bits per heavy atom. The number of anilines is 2. The molecule has 2 aliphatic carbocycles. The van der Waals surface area contributed by atoms with E-state index in [-0.39, 0.29) is 24.5 Å².